The number of halogens is 6. The summed E-state index contributed by atoms with van der Waals surface area (Å²) in [5.41, 5.74) is -2.05. The van der Waals surface area contributed by atoms with Gasteiger partial charge in [0.15, 0.2) is 5.82 Å². The van der Waals surface area contributed by atoms with Crippen molar-refractivity contribution in [2.75, 3.05) is 0 Å². The number of pyridine rings is 1. The molecule has 32 heavy (non-hydrogen) atoms. The Morgan fingerprint density at radius 1 is 1.06 bits per heavy atom. The summed E-state index contributed by atoms with van der Waals surface area (Å²) in [6.07, 6.45) is -8.37. The number of hydrogen-bond donors (Lipinski definition) is 0. The third-order valence-corrected chi connectivity index (χ3v) is 4.77. The summed E-state index contributed by atoms with van der Waals surface area (Å²) in [5, 5.41) is 12.6. The van der Waals surface area contributed by atoms with Crippen molar-refractivity contribution in [2.24, 2.45) is 0 Å². The van der Waals surface area contributed by atoms with E-state index in [4.69, 9.17) is 9.78 Å². The zero-order valence-corrected chi connectivity index (χ0v) is 16.1. The molecular weight excluding hydrogens is 440 g/mol. The highest BCUT2D eigenvalue weighted by atomic mass is 19.4. The van der Waals surface area contributed by atoms with Gasteiger partial charge in [-0.25, -0.2) is 0 Å². The van der Waals surface area contributed by atoms with E-state index in [1.807, 2.05) is 0 Å². The zero-order chi connectivity index (χ0) is 23.3. The maximum Gasteiger partial charge on any atom is 0.418 e. The van der Waals surface area contributed by atoms with Crippen LogP contribution in [-0.2, 0) is 18.9 Å². The third-order valence-electron chi connectivity index (χ3n) is 4.77. The fourth-order valence-corrected chi connectivity index (χ4v) is 3.36. The first-order valence-electron chi connectivity index (χ1n) is 8.95. The molecule has 1 aromatic carbocycles. The van der Waals surface area contributed by atoms with Gasteiger partial charge in [-0.15, -0.1) is 0 Å². The van der Waals surface area contributed by atoms with Crippen molar-refractivity contribution < 1.29 is 30.9 Å². The van der Waals surface area contributed by atoms with Gasteiger partial charge < -0.3 is 9.09 Å². The Morgan fingerprint density at radius 2 is 1.81 bits per heavy atom. The minimum atomic E-state index is -4.74. The van der Waals surface area contributed by atoms with E-state index in [0.717, 1.165) is 24.4 Å². The van der Waals surface area contributed by atoms with E-state index < -0.39 is 29.0 Å². The standard InChI is InChI=1S/C20H11F6N5O/c1-10-6-13-15(3-2-11(8-27)17(13)20(24,25)26)31(10)9-16-29-18(32-30-16)14-7-12(4-5-28-14)19(21,22)23/h2-7H,9H2,1H3. The summed E-state index contributed by atoms with van der Waals surface area (Å²) in [6.45, 7) is 1.46. The summed E-state index contributed by atoms with van der Waals surface area (Å²) in [7, 11) is 0. The lowest BCUT2D eigenvalue weighted by Gasteiger charge is -2.11. The predicted molar refractivity (Wildman–Crippen MR) is 98.0 cm³/mol. The zero-order valence-electron chi connectivity index (χ0n) is 16.1. The molecule has 0 spiro atoms. The van der Waals surface area contributed by atoms with Gasteiger partial charge in [0.2, 0.25) is 0 Å². The van der Waals surface area contributed by atoms with Gasteiger partial charge in [-0.2, -0.15) is 36.6 Å². The number of aromatic nitrogens is 4. The molecule has 4 rings (SSSR count). The van der Waals surface area contributed by atoms with Gasteiger partial charge in [0.25, 0.3) is 5.89 Å². The molecule has 12 heteroatoms. The van der Waals surface area contributed by atoms with Crippen LogP contribution in [0.1, 0.15) is 28.2 Å². The van der Waals surface area contributed by atoms with Crippen molar-refractivity contribution in [3.8, 4) is 17.7 Å². The Labute approximate surface area is 175 Å². The van der Waals surface area contributed by atoms with Crippen LogP contribution in [0.5, 0.6) is 0 Å². The van der Waals surface area contributed by atoms with Crippen molar-refractivity contribution in [1.82, 2.24) is 19.7 Å². The van der Waals surface area contributed by atoms with Crippen LogP contribution >= 0.6 is 0 Å². The first-order chi connectivity index (χ1) is 15.0. The van der Waals surface area contributed by atoms with E-state index in [0.29, 0.717) is 5.69 Å². The average molecular weight is 451 g/mol. The highest BCUT2D eigenvalue weighted by molar-refractivity contribution is 5.87. The largest absolute Gasteiger partial charge is 0.418 e. The minimum Gasteiger partial charge on any atom is -0.337 e. The topological polar surface area (TPSA) is 80.5 Å². The van der Waals surface area contributed by atoms with Gasteiger partial charge in [-0.05, 0) is 37.3 Å². The molecule has 0 fully saturated rings. The molecule has 6 nitrogen and oxygen atoms in total. The Balaban J connectivity index is 1.73. The molecule has 0 amide bonds. The second kappa shape index (κ2) is 7.37. The molecule has 3 heterocycles. The van der Waals surface area contributed by atoms with Gasteiger partial charge in [0.1, 0.15) is 5.69 Å². The van der Waals surface area contributed by atoms with E-state index in [9.17, 15) is 26.3 Å². The van der Waals surface area contributed by atoms with Crippen LogP contribution in [0.3, 0.4) is 0 Å². The van der Waals surface area contributed by atoms with Gasteiger partial charge in [0, 0.05) is 22.8 Å². The lowest BCUT2D eigenvalue weighted by Crippen LogP contribution is -2.09. The van der Waals surface area contributed by atoms with Crippen molar-refractivity contribution in [3.05, 3.63) is 64.7 Å². The van der Waals surface area contributed by atoms with Crippen LogP contribution in [0.25, 0.3) is 22.5 Å². The molecule has 3 aromatic heterocycles. The lowest BCUT2D eigenvalue weighted by atomic mass is 10.0. The number of hydrogen-bond acceptors (Lipinski definition) is 5. The van der Waals surface area contributed by atoms with Crippen molar-refractivity contribution in [2.45, 2.75) is 25.8 Å². The molecule has 0 aliphatic carbocycles. The van der Waals surface area contributed by atoms with Gasteiger partial charge >= 0.3 is 12.4 Å². The van der Waals surface area contributed by atoms with Crippen LogP contribution in [-0.4, -0.2) is 19.7 Å². The molecule has 0 aliphatic rings. The fraction of sp³-hybridized carbons (Fsp3) is 0.200. The first-order valence-corrected chi connectivity index (χ1v) is 8.95. The Morgan fingerprint density at radius 3 is 2.47 bits per heavy atom. The molecule has 0 saturated heterocycles. The summed E-state index contributed by atoms with van der Waals surface area (Å²) in [4.78, 5) is 7.83. The molecule has 0 unspecified atom stereocenters. The molecule has 0 bridgehead atoms. The van der Waals surface area contributed by atoms with E-state index >= 15 is 0 Å². The SMILES string of the molecule is Cc1cc2c(C(F)(F)F)c(C#N)ccc2n1Cc1noc(-c2cc(C(F)(F)F)ccn2)n1. The molecule has 164 valence electrons. The number of nitrogens with zero attached hydrogens (tertiary/aromatic N) is 5. The Hall–Kier alpha value is -3.88. The lowest BCUT2D eigenvalue weighted by molar-refractivity contribution is -0.138. The second-order valence-electron chi connectivity index (χ2n) is 6.85. The maximum atomic E-state index is 13.6. The molecule has 0 atom stereocenters. The molecule has 0 saturated carbocycles. The molecule has 4 aromatic rings. The third kappa shape index (κ3) is 3.77. The molecular formula is C20H11F6N5O. The normalized spacial score (nSPS) is 12.3. The second-order valence-corrected chi connectivity index (χ2v) is 6.85. The molecule has 0 N–H and O–H groups in total. The smallest absolute Gasteiger partial charge is 0.337 e. The van der Waals surface area contributed by atoms with Crippen molar-refractivity contribution in [1.29, 1.82) is 5.26 Å². The summed E-state index contributed by atoms with van der Waals surface area (Å²) in [5.74, 6) is -0.235. The summed E-state index contributed by atoms with van der Waals surface area (Å²) in [6, 6.07) is 6.86. The number of benzene rings is 1. The fourth-order valence-electron chi connectivity index (χ4n) is 3.36. The minimum absolute atomic E-state index is 0.0257. The Kier molecular flexibility index (Phi) is 4.92. The summed E-state index contributed by atoms with van der Waals surface area (Å²) >= 11 is 0. The number of fused-ring (bicyclic) bond motifs is 1. The van der Waals surface area contributed by atoms with E-state index in [1.165, 1.54) is 16.7 Å². The quantitative estimate of drug-likeness (QED) is 0.392. The monoisotopic (exact) mass is 451 g/mol. The molecule has 0 aliphatic heterocycles. The average Bonchev–Trinajstić information content (AvgIpc) is 3.31. The van der Waals surface area contributed by atoms with Gasteiger partial charge in [-0.3, -0.25) is 4.98 Å². The van der Waals surface area contributed by atoms with Crippen molar-refractivity contribution in [3.63, 3.8) is 0 Å². The highest BCUT2D eigenvalue weighted by Crippen LogP contribution is 2.38. The maximum absolute atomic E-state index is 13.6. The first kappa shape index (κ1) is 21.4. The van der Waals surface area contributed by atoms with Gasteiger partial charge in [-0.1, -0.05) is 5.16 Å². The van der Waals surface area contributed by atoms with Crippen LogP contribution < -0.4 is 0 Å². The van der Waals surface area contributed by atoms with Crippen LogP contribution in [0.15, 0.2) is 41.1 Å². The van der Waals surface area contributed by atoms with E-state index in [1.54, 1.807) is 13.0 Å². The van der Waals surface area contributed by atoms with E-state index in [2.05, 4.69) is 15.1 Å². The number of nitriles is 1. The molecule has 0 radical (unpaired) electrons. The highest BCUT2D eigenvalue weighted by Gasteiger charge is 2.36. The number of rotatable bonds is 3. The van der Waals surface area contributed by atoms with Crippen LogP contribution in [0, 0.1) is 18.3 Å². The summed E-state index contributed by atoms with van der Waals surface area (Å²) < 4.78 is 85.9. The predicted octanol–water partition coefficient (Wildman–Crippen LogP) is 5.35. The van der Waals surface area contributed by atoms with Crippen LogP contribution in [0.4, 0.5) is 26.3 Å². The number of alkyl halides is 6. The number of aryl methyl sites for hydroxylation is 1. The van der Waals surface area contributed by atoms with E-state index in [-0.39, 0.29) is 34.9 Å². The van der Waals surface area contributed by atoms with Gasteiger partial charge in [0.05, 0.1) is 29.3 Å². The van der Waals surface area contributed by atoms with Crippen LogP contribution in [0.2, 0.25) is 0 Å². The van der Waals surface area contributed by atoms with Crippen molar-refractivity contribution >= 4 is 10.9 Å². The Bertz CT molecular complexity index is 1360.